The van der Waals surface area contributed by atoms with Gasteiger partial charge >= 0.3 is 0 Å². The zero-order chi connectivity index (χ0) is 17.4. The van der Waals surface area contributed by atoms with Crippen LogP contribution in [0, 0.1) is 5.82 Å². The molecule has 0 spiro atoms. The fraction of sp³-hybridized carbons (Fsp3) is 0.562. The largest absolute Gasteiger partial charge is 0.348 e. The van der Waals surface area contributed by atoms with Gasteiger partial charge in [0.1, 0.15) is 5.82 Å². The lowest BCUT2D eigenvalue weighted by Gasteiger charge is -2.36. The average molecular weight is 409 g/mol. The maximum Gasteiger partial charge on any atom is 0.242 e. The molecule has 1 atom stereocenters. The van der Waals surface area contributed by atoms with E-state index in [1.54, 1.807) is 12.1 Å². The highest BCUT2D eigenvalue weighted by atomic mass is 35.5. The zero-order valence-electron chi connectivity index (χ0n) is 13.9. The van der Waals surface area contributed by atoms with Crippen molar-refractivity contribution in [1.82, 2.24) is 10.6 Å². The third-order valence-electron chi connectivity index (χ3n) is 4.87. The highest BCUT2D eigenvalue weighted by Crippen LogP contribution is 2.38. The molecule has 1 aromatic carbocycles. The number of carbonyl (C=O) groups excluding carboxylic acids is 1. The molecule has 140 valence electrons. The van der Waals surface area contributed by atoms with E-state index >= 15 is 0 Å². The van der Waals surface area contributed by atoms with E-state index in [1.165, 1.54) is 17.8 Å². The van der Waals surface area contributed by atoms with Crippen LogP contribution < -0.4 is 10.6 Å². The van der Waals surface area contributed by atoms with Crippen molar-refractivity contribution in [2.45, 2.75) is 34.9 Å². The highest BCUT2D eigenvalue weighted by molar-refractivity contribution is 7.99. The second-order valence-electron chi connectivity index (χ2n) is 6.34. The molecule has 3 rings (SSSR count). The average Bonchev–Trinajstić information content (AvgIpc) is 2.55. The summed E-state index contributed by atoms with van der Waals surface area (Å²) >= 11 is 1.43. The number of amides is 1. The second kappa shape index (κ2) is 7.82. The summed E-state index contributed by atoms with van der Waals surface area (Å²) in [6, 6.07) is 4.47. The van der Waals surface area contributed by atoms with E-state index in [2.05, 4.69) is 10.6 Å². The van der Waals surface area contributed by atoms with Crippen LogP contribution in [0.4, 0.5) is 4.39 Å². The lowest BCUT2D eigenvalue weighted by atomic mass is 9.94. The van der Waals surface area contributed by atoms with Crippen LogP contribution in [0.5, 0.6) is 0 Å². The SMILES string of the molecule is CS(=O)(=O)C1(C(=O)NC2CCSc3c(F)cccc32)CCNCC1.Cl. The molecule has 2 aliphatic heterocycles. The number of hydrogen-bond acceptors (Lipinski definition) is 5. The van der Waals surface area contributed by atoms with E-state index < -0.39 is 20.5 Å². The van der Waals surface area contributed by atoms with Gasteiger partial charge in [0.05, 0.1) is 6.04 Å². The van der Waals surface area contributed by atoms with Gasteiger partial charge in [-0.3, -0.25) is 4.79 Å². The summed E-state index contributed by atoms with van der Waals surface area (Å²) in [6.45, 7) is 0.985. The van der Waals surface area contributed by atoms with Crippen molar-refractivity contribution in [2.75, 3.05) is 25.1 Å². The topological polar surface area (TPSA) is 75.3 Å². The minimum atomic E-state index is -3.55. The van der Waals surface area contributed by atoms with Gasteiger partial charge in [-0.05, 0) is 44.0 Å². The van der Waals surface area contributed by atoms with Crippen molar-refractivity contribution in [1.29, 1.82) is 0 Å². The minimum absolute atomic E-state index is 0. The second-order valence-corrected chi connectivity index (χ2v) is 9.77. The van der Waals surface area contributed by atoms with Gasteiger partial charge in [0.25, 0.3) is 0 Å². The van der Waals surface area contributed by atoms with Gasteiger partial charge in [0.15, 0.2) is 14.6 Å². The number of rotatable bonds is 3. The normalized spacial score (nSPS) is 22.4. The molecule has 1 saturated heterocycles. The number of piperidine rings is 1. The highest BCUT2D eigenvalue weighted by Gasteiger charge is 2.49. The van der Waals surface area contributed by atoms with Crippen LogP contribution in [0.1, 0.15) is 30.9 Å². The van der Waals surface area contributed by atoms with Crippen molar-refractivity contribution in [2.24, 2.45) is 0 Å². The number of hydrogen-bond donors (Lipinski definition) is 2. The molecule has 0 bridgehead atoms. The predicted molar refractivity (Wildman–Crippen MR) is 99.6 cm³/mol. The first kappa shape index (κ1) is 20.5. The Morgan fingerprint density at radius 3 is 2.68 bits per heavy atom. The van der Waals surface area contributed by atoms with Crippen LogP contribution in [0.2, 0.25) is 0 Å². The molecule has 2 aliphatic rings. The molecule has 25 heavy (non-hydrogen) atoms. The molecule has 2 heterocycles. The summed E-state index contributed by atoms with van der Waals surface area (Å²) < 4.78 is 37.2. The Labute approximate surface area is 157 Å². The standard InChI is InChI=1S/C16H21FN2O3S2.ClH/c1-24(21,22)16(6-8-18-9-7-16)15(20)19-13-5-10-23-14-11(13)3-2-4-12(14)17;/h2-4,13,18H,5-10H2,1H3,(H,19,20);1H. The van der Waals surface area contributed by atoms with Gasteiger partial charge in [0.2, 0.25) is 5.91 Å². The van der Waals surface area contributed by atoms with Gasteiger partial charge in [-0.2, -0.15) is 0 Å². The number of thioether (sulfide) groups is 1. The van der Waals surface area contributed by atoms with Crippen LogP contribution in [0.3, 0.4) is 0 Å². The van der Waals surface area contributed by atoms with Crippen molar-refractivity contribution >= 4 is 39.9 Å². The fourth-order valence-corrected chi connectivity index (χ4v) is 5.91. The molecule has 0 aromatic heterocycles. The van der Waals surface area contributed by atoms with Crippen LogP contribution in [-0.4, -0.2) is 44.2 Å². The lowest BCUT2D eigenvalue weighted by molar-refractivity contribution is -0.125. The third-order valence-corrected chi connectivity index (χ3v) is 8.04. The first-order valence-corrected chi connectivity index (χ1v) is 10.9. The number of carbonyl (C=O) groups is 1. The molecule has 0 aliphatic carbocycles. The summed E-state index contributed by atoms with van der Waals surface area (Å²) in [6.07, 6.45) is 2.30. The number of fused-ring (bicyclic) bond motifs is 1. The quantitative estimate of drug-likeness (QED) is 0.800. The number of nitrogens with one attached hydrogen (secondary N) is 2. The van der Waals surface area contributed by atoms with Crippen LogP contribution in [0.25, 0.3) is 0 Å². The Kier molecular flexibility index (Phi) is 6.40. The molecule has 1 amide bonds. The van der Waals surface area contributed by atoms with E-state index in [-0.39, 0.29) is 37.1 Å². The zero-order valence-corrected chi connectivity index (χ0v) is 16.3. The Balaban J connectivity index is 0.00000225. The van der Waals surface area contributed by atoms with E-state index in [1.807, 2.05) is 0 Å². The van der Waals surface area contributed by atoms with Crippen molar-refractivity contribution in [3.05, 3.63) is 29.6 Å². The summed E-state index contributed by atoms with van der Waals surface area (Å²) in [7, 11) is -3.55. The molecular weight excluding hydrogens is 387 g/mol. The van der Waals surface area contributed by atoms with Crippen LogP contribution in [-0.2, 0) is 14.6 Å². The monoisotopic (exact) mass is 408 g/mol. The third kappa shape index (κ3) is 3.82. The molecule has 1 unspecified atom stereocenters. The predicted octanol–water partition coefficient (Wildman–Crippen LogP) is 2.07. The smallest absolute Gasteiger partial charge is 0.242 e. The molecule has 1 aromatic rings. The lowest BCUT2D eigenvalue weighted by Crippen LogP contribution is -2.57. The Hall–Kier alpha value is -0.830. The maximum absolute atomic E-state index is 14.0. The Morgan fingerprint density at radius 2 is 2.04 bits per heavy atom. The van der Waals surface area contributed by atoms with E-state index in [0.29, 0.717) is 30.2 Å². The maximum atomic E-state index is 14.0. The molecule has 0 saturated carbocycles. The number of sulfone groups is 1. The molecule has 5 nitrogen and oxygen atoms in total. The van der Waals surface area contributed by atoms with E-state index in [9.17, 15) is 17.6 Å². The summed E-state index contributed by atoms with van der Waals surface area (Å²) in [4.78, 5) is 13.5. The van der Waals surface area contributed by atoms with Gasteiger partial charge < -0.3 is 10.6 Å². The van der Waals surface area contributed by atoms with Crippen molar-refractivity contribution in [3.63, 3.8) is 0 Å². The Bertz CT molecular complexity index is 752. The first-order valence-electron chi connectivity index (χ1n) is 7.98. The van der Waals surface area contributed by atoms with Crippen LogP contribution in [0.15, 0.2) is 23.1 Å². The first-order chi connectivity index (χ1) is 11.3. The van der Waals surface area contributed by atoms with Gasteiger partial charge in [0, 0.05) is 16.9 Å². The van der Waals surface area contributed by atoms with Gasteiger partial charge in [-0.15, -0.1) is 24.2 Å². The van der Waals surface area contributed by atoms with E-state index in [0.717, 1.165) is 11.8 Å². The molecule has 2 N–H and O–H groups in total. The van der Waals surface area contributed by atoms with Gasteiger partial charge in [-0.1, -0.05) is 12.1 Å². The minimum Gasteiger partial charge on any atom is -0.348 e. The summed E-state index contributed by atoms with van der Waals surface area (Å²) in [5.41, 5.74) is 0.734. The number of benzene rings is 1. The number of halogens is 2. The summed E-state index contributed by atoms with van der Waals surface area (Å²) in [5, 5.41) is 5.99. The molecular formula is C16H22ClFN2O3S2. The van der Waals surface area contributed by atoms with E-state index in [4.69, 9.17) is 0 Å². The van der Waals surface area contributed by atoms with Crippen molar-refractivity contribution < 1.29 is 17.6 Å². The molecule has 9 heteroatoms. The van der Waals surface area contributed by atoms with Gasteiger partial charge in [-0.25, -0.2) is 12.8 Å². The molecule has 1 fully saturated rings. The van der Waals surface area contributed by atoms with Crippen LogP contribution >= 0.6 is 24.2 Å². The van der Waals surface area contributed by atoms with Crippen molar-refractivity contribution in [3.8, 4) is 0 Å². The molecule has 0 radical (unpaired) electrons. The fourth-order valence-electron chi connectivity index (χ4n) is 3.42. The summed E-state index contributed by atoms with van der Waals surface area (Å²) in [5.74, 6) is -0.0680. The Morgan fingerprint density at radius 1 is 1.36 bits per heavy atom.